The second-order valence-corrected chi connectivity index (χ2v) is 6.61. The number of hydrogen-bond acceptors (Lipinski definition) is 6. The van der Waals surface area contributed by atoms with Crippen molar-refractivity contribution in [2.45, 2.75) is 31.8 Å². The van der Waals surface area contributed by atoms with Crippen LogP contribution < -0.4 is 9.47 Å². The minimum absolute atomic E-state index is 0.0655. The fourth-order valence-electron chi connectivity index (χ4n) is 2.19. The van der Waals surface area contributed by atoms with Gasteiger partial charge in [-0.2, -0.15) is 0 Å². The van der Waals surface area contributed by atoms with Crippen LogP contribution in [-0.4, -0.2) is 40.0 Å². The van der Waals surface area contributed by atoms with E-state index in [2.05, 4.69) is 15.2 Å². The van der Waals surface area contributed by atoms with Crippen LogP contribution in [0.5, 0.6) is 11.5 Å². The first-order valence-corrected chi connectivity index (χ1v) is 9.22. The number of aromatic amines is 1. The Morgan fingerprint density at radius 3 is 2.81 bits per heavy atom. The average Bonchev–Trinajstić information content (AvgIpc) is 3.02. The largest absolute Gasteiger partial charge is 0.491 e. The molecule has 2 aromatic rings. The standard InChI is InChI=1S/C17H20ClN3O4S/c1-4-6-14-19-17(21-20-14)26-13(16(22)23)9-10-7-11(18)15(24-3)12(8-10)25-5-2/h7-9H,4-6H2,1-3H3,(H,22,23)(H,19,20,21)/b13-9+. The van der Waals surface area contributed by atoms with Crippen LogP contribution in [0.4, 0.5) is 0 Å². The van der Waals surface area contributed by atoms with Crippen molar-refractivity contribution >= 4 is 35.4 Å². The third kappa shape index (κ3) is 5.15. The zero-order valence-corrected chi connectivity index (χ0v) is 16.3. The quantitative estimate of drug-likeness (QED) is 0.486. The van der Waals surface area contributed by atoms with Crippen LogP contribution in [0.15, 0.2) is 22.2 Å². The molecule has 26 heavy (non-hydrogen) atoms. The molecule has 1 aromatic heterocycles. The van der Waals surface area contributed by atoms with Crippen LogP contribution in [0.3, 0.4) is 0 Å². The number of ether oxygens (including phenoxy) is 2. The number of aryl methyl sites for hydroxylation is 1. The number of benzene rings is 1. The molecule has 0 fully saturated rings. The van der Waals surface area contributed by atoms with Gasteiger partial charge in [-0.1, -0.05) is 18.5 Å². The lowest BCUT2D eigenvalue weighted by atomic mass is 10.2. The van der Waals surface area contributed by atoms with E-state index < -0.39 is 5.97 Å². The lowest BCUT2D eigenvalue weighted by Gasteiger charge is -2.12. The Hall–Kier alpha value is -2.19. The number of carboxylic acid groups (broad SMARTS) is 1. The normalized spacial score (nSPS) is 11.5. The van der Waals surface area contributed by atoms with Gasteiger partial charge >= 0.3 is 5.97 Å². The molecule has 0 atom stereocenters. The smallest absolute Gasteiger partial charge is 0.342 e. The summed E-state index contributed by atoms with van der Waals surface area (Å²) in [6.45, 7) is 4.30. The molecule has 0 saturated carbocycles. The Kier molecular flexibility index (Phi) is 7.35. The van der Waals surface area contributed by atoms with E-state index in [0.717, 1.165) is 30.4 Å². The molecular weight excluding hydrogens is 378 g/mol. The lowest BCUT2D eigenvalue weighted by molar-refractivity contribution is -0.131. The molecule has 0 amide bonds. The zero-order chi connectivity index (χ0) is 19.1. The lowest BCUT2D eigenvalue weighted by Crippen LogP contribution is -1.99. The Labute approximate surface area is 160 Å². The summed E-state index contributed by atoms with van der Waals surface area (Å²) in [6.07, 6.45) is 3.17. The number of thioether (sulfide) groups is 1. The highest BCUT2D eigenvalue weighted by molar-refractivity contribution is 8.04. The van der Waals surface area contributed by atoms with Gasteiger partial charge in [0.15, 0.2) is 11.5 Å². The molecule has 0 bridgehead atoms. The molecule has 1 heterocycles. The number of carboxylic acids is 1. The number of nitrogens with one attached hydrogen (secondary N) is 1. The van der Waals surface area contributed by atoms with Gasteiger partial charge in [0.1, 0.15) is 10.7 Å². The number of H-pyrrole nitrogens is 1. The highest BCUT2D eigenvalue weighted by Gasteiger charge is 2.16. The Morgan fingerprint density at radius 2 is 2.19 bits per heavy atom. The minimum atomic E-state index is -1.08. The van der Waals surface area contributed by atoms with E-state index in [9.17, 15) is 9.90 Å². The minimum Gasteiger partial charge on any atom is -0.491 e. The third-order valence-electron chi connectivity index (χ3n) is 3.24. The molecule has 0 spiro atoms. The molecule has 0 radical (unpaired) electrons. The van der Waals surface area contributed by atoms with Crippen LogP contribution in [0.2, 0.25) is 5.02 Å². The molecule has 140 valence electrons. The fraction of sp³-hybridized carbons (Fsp3) is 0.353. The Morgan fingerprint density at radius 1 is 1.42 bits per heavy atom. The van der Waals surface area contributed by atoms with Crippen molar-refractivity contribution in [3.8, 4) is 11.5 Å². The first kappa shape index (κ1) is 20.1. The maximum absolute atomic E-state index is 11.6. The van der Waals surface area contributed by atoms with Crippen LogP contribution in [0, 0.1) is 0 Å². The second kappa shape index (κ2) is 9.49. The van der Waals surface area contributed by atoms with Gasteiger partial charge in [-0.25, -0.2) is 9.78 Å². The van der Waals surface area contributed by atoms with Gasteiger partial charge in [-0.15, -0.1) is 5.10 Å². The predicted octanol–water partition coefficient (Wildman–Crippen LogP) is 4.04. The van der Waals surface area contributed by atoms with E-state index >= 15 is 0 Å². The van der Waals surface area contributed by atoms with Gasteiger partial charge in [0, 0.05) is 6.42 Å². The summed E-state index contributed by atoms with van der Waals surface area (Å²) in [5.74, 6) is 0.507. The molecule has 0 aliphatic heterocycles. The maximum atomic E-state index is 11.6. The summed E-state index contributed by atoms with van der Waals surface area (Å²) < 4.78 is 10.8. The van der Waals surface area contributed by atoms with Gasteiger partial charge in [-0.05, 0) is 48.9 Å². The zero-order valence-electron chi connectivity index (χ0n) is 14.7. The van der Waals surface area contributed by atoms with Gasteiger partial charge in [0.2, 0.25) is 5.16 Å². The van der Waals surface area contributed by atoms with Gasteiger partial charge < -0.3 is 14.6 Å². The highest BCUT2D eigenvalue weighted by atomic mass is 35.5. The van der Waals surface area contributed by atoms with Crippen molar-refractivity contribution in [2.75, 3.05) is 13.7 Å². The number of hydrogen-bond donors (Lipinski definition) is 2. The van der Waals surface area contributed by atoms with Gasteiger partial charge in [0.05, 0.1) is 18.7 Å². The molecular formula is C17H20ClN3O4S. The Balaban J connectivity index is 2.33. The van der Waals surface area contributed by atoms with Crippen LogP contribution in [-0.2, 0) is 11.2 Å². The van der Waals surface area contributed by atoms with Crippen molar-refractivity contribution in [1.29, 1.82) is 0 Å². The highest BCUT2D eigenvalue weighted by Crippen LogP contribution is 2.37. The van der Waals surface area contributed by atoms with Crippen molar-refractivity contribution in [3.63, 3.8) is 0 Å². The summed E-state index contributed by atoms with van der Waals surface area (Å²) >= 11 is 7.18. The van der Waals surface area contributed by atoms with Crippen molar-refractivity contribution < 1.29 is 19.4 Å². The second-order valence-electron chi connectivity index (χ2n) is 5.20. The fourth-order valence-corrected chi connectivity index (χ4v) is 3.21. The maximum Gasteiger partial charge on any atom is 0.342 e. The van der Waals surface area contributed by atoms with Crippen molar-refractivity contribution in [2.24, 2.45) is 0 Å². The number of aromatic nitrogens is 3. The number of rotatable bonds is 9. The average molecular weight is 398 g/mol. The SMILES string of the molecule is CCCc1nc(S/C(=C/c2cc(Cl)c(OC)c(OCC)c2)C(=O)O)n[nH]1. The summed E-state index contributed by atoms with van der Waals surface area (Å²) in [6, 6.07) is 3.30. The van der Waals surface area contributed by atoms with E-state index in [1.54, 1.807) is 12.1 Å². The summed E-state index contributed by atoms with van der Waals surface area (Å²) in [7, 11) is 1.49. The van der Waals surface area contributed by atoms with E-state index in [1.165, 1.54) is 13.2 Å². The molecule has 0 saturated heterocycles. The van der Waals surface area contributed by atoms with Crippen LogP contribution in [0.25, 0.3) is 6.08 Å². The van der Waals surface area contributed by atoms with Crippen molar-refractivity contribution in [3.05, 3.63) is 33.4 Å². The first-order chi connectivity index (χ1) is 12.5. The molecule has 0 aliphatic rings. The molecule has 9 heteroatoms. The topological polar surface area (TPSA) is 97.3 Å². The van der Waals surface area contributed by atoms with E-state index in [1.807, 2.05) is 13.8 Å². The van der Waals surface area contributed by atoms with E-state index in [4.69, 9.17) is 21.1 Å². The summed E-state index contributed by atoms with van der Waals surface area (Å²) in [5, 5.41) is 17.0. The number of aliphatic carboxylic acids is 1. The molecule has 1 aromatic carbocycles. The number of nitrogens with zero attached hydrogens (tertiary/aromatic N) is 2. The molecule has 2 N–H and O–H groups in total. The number of methoxy groups -OCH3 is 1. The summed E-state index contributed by atoms with van der Waals surface area (Å²) in [4.78, 5) is 16.0. The molecule has 7 nitrogen and oxygen atoms in total. The predicted molar refractivity (Wildman–Crippen MR) is 101 cm³/mol. The van der Waals surface area contributed by atoms with Crippen molar-refractivity contribution in [1.82, 2.24) is 15.2 Å². The first-order valence-electron chi connectivity index (χ1n) is 8.02. The van der Waals surface area contributed by atoms with Gasteiger partial charge in [-0.3, -0.25) is 5.10 Å². The Bertz CT molecular complexity index is 807. The molecule has 0 unspecified atom stereocenters. The number of halogens is 1. The van der Waals surface area contributed by atoms with Crippen LogP contribution >= 0.6 is 23.4 Å². The van der Waals surface area contributed by atoms with Gasteiger partial charge in [0.25, 0.3) is 0 Å². The monoisotopic (exact) mass is 397 g/mol. The molecule has 2 rings (SSSR count). The van der Waals surface area contributed by atoms with Crippen LogP contribution in [0.1, 0.15) is 31.7 Å². The number of carbonyl (C=O) groups is 1. The molecule has 0 aliphatic carbocycles. The van der Waals surface area contributed by atoms with E-state index in [0.29, 0.717) is 33.8 Å². The van der Waals surface area contributed by atoms with E-state index in [-0.39, 0.29) is 4.91 Å². The third-order valence-corrected chi connectivity index (χ3v) is 4.40. The summed E-state index contributed by atoms with van der Waals surface area (Å²) in [5.41, 5.74) is 0.577.